The lowest BCUT2D eigenvalue weighted by Gasteiger charge is -2.15. The quantitative estimate of drug-likeness (QED) is 0.681. The van der Waals surface area contributed by atoms with Gasteiger partial charge in [0.1, 0.15) is 5.82 Å². The summed E-state index contributed by atoms with van der Waals surface area (Å²) < 4.78 is 89.0. The van der Waals surface area contributed by atoms with Crippen molar-refractivity contribution in [2.75, 3.05) is 0 Å². The van der Waals surface area contributed by atoms with Crippen molar-refractivity contribution in [3.63, 3.8) is 0 Å². The van der Waals surface area contributed by atoms with Crippen molar-refractivity contribution in [3.8, 4) is 11.3 Å². The summed E-state index contributed by atoms with van der Waals surface area (Å²) in [4.78, 5) is 3.46. The van der Waals surface area contributed by atoms with E-state index in [9.17, 15) is 30.7 Å². The number of benzene rings is 1. The Balaban J connectivity index is 2.63. The minimum Gasteiger partial charge on any atom is -0.253 e. The first-order chi connectivity index (χ1) is 9.59. The normalized spacial score (nSPS) is 12.5. The number of hydrogen-bond acceptors (Lipinski definition) is 1. The maximum atomic E-state index is 12.9. The van der Waals surface area contributed by atoms with Gasteiger partial charge in [-0.2, -0.15) is 26.3 Å². The predicted octanol–water partition coefficient (Wildman–Crippen LogP) is 4.93. The minimum absolute atomic E-state index is 0.0143. The topological polar surface area (TPSA) is 12.9 Å². The maximum Gasteiger partial charge on any atom is 0.417 e. The lowest BCUT2D eigenvalue weighted by molar-refractivity contribution is -0.142. The molecule has 0 N–H and O–H groups in total. The first kappa shape index (κ1) is 15.3. The standard InChI is InChI=1S/C13H6F7N/c14-8-2-4-11(21-6-8)9-3-1-7(12(15,16)17)5-10(9)13(18,19)20/h1-6H. The number of alkyl halides is 6. The molecule has 0 spiro atoms. The average Bonchev–Trinajstić information content (AvgIpc) is 2.37. The van der Waals surface area contributed by atoms with E-state index < -0.39 is 34.9 Å². The summed E-state index contributed by atoms with van der Waals surface area (Å²) in [5.41, 5.74) is -3.70. The highest BCUT2D eigenvalue weighted by Gasteiger charge is 2.38. The molecule has 0 bridgehead atoms. The summed E-state index contributed by atoms with van der Waals surface area (Å²) in [6.07, 6.45) is -9.20. The van der Waals surface area contributed by atoms with Gasteiger partial charge in [0, 0.05) is 5.56 Å². The van der Waals surface area contributed by atoms with Crippen LogP contribution in [-0.4, -0.2) is 4.98 Å². The third-order valence-electron chi connectivity index (χ3n) is 2.66. The Morgan fingerprint density at radius 2 is 1.48 bits per heavy atom. The summed E-state index contributed by atoms with van der Waals surface area (Å²) in [7, 11) is 0. The van der Waals surface area contributed by atoms with Crippen LogP contribution < -0.4 is 0 Å². The fraction of sp³-hybridized carbons (Fsp3) is 0.154. The first-order valence-corrected chi connectivity index (χ1v) is 5.49. The van der Waals surface area contributed by atoms with Crippen molar-refractivity contribution in [2.24, 2.45) is 0 Å². The van der Waals surface area contributed by atoms with Crippen molar-refractivity contribution in [1.82, 2.24) is 4.98 Å². The van der Waals surface area contributed by atoms with Crippen LogP contribution in [-0.2, 0) is 12.4 Å². The van der Waals surface area contributed by atoms with E-state index in [0.29, 0.717) is 18.3 Å². The van der Waals surface area contributed by atoms with Gasteiger partial charge in [-0.15, -0.1) is 0 Å². The fourth-order valence-corrected chi connectivity index (χ4v) is 1.71. The van der Waals surface area contributed by atoms with E-state index in [-0.39, 0.29) is 11.8 Å². The molecule has 2 aromatic rings. The third-order valence-corrected chi connectivity index (χ3v) is 2.66. The second kappa shape index (κ2) is 5.01. The van der Waals surface area contributed by atoms with E-state index in [0.717, 1.165) is 12.1 Å². The number of nitrogens with zero attached hydrogens (tertiary/aromatic N) is 1. The lowest BCUT2D eigenvalue weighted by atomic mass is 10.00. The average molecular weight is 309 g/mol. The Bertz CT molecular complexity index is 641. The molecule has 1 aromatic carbocycles. The van der Waals surface area contributed by atoms with Crippen LogP contribution in [0.1, 0.15) is 11.1 Å². The summed E-state index contributed by atoms with van der Waals surface area (Å²) in [5, 5.41) is 0. The van der Waals surface area contributed by atoms with Gasteiger partial charge in [-0.1, -0.05) is 6.07 Å². The van der Waals surface area contributed by atoms with Crippen LogP contribution in [0, 0.1) is 5.82 Å². The van der Waals surface area contributed by atoms with Crippen molar-refractivity contribution in [1.29, 1.82) is 0 Å². The SMILES string of the molecule is Fc1ccc(-c2ccc(C(F)(F)F)cc2C(F)(F)F)nc1. The molecule has 1 nitrogen and oxygen atoms in total. The Kier molecular flexibility index (Phi) is 3.65. The smallest absolute Gasteiger partial charge is 0.253 e. The summed E-state index contributed by atoms with van der Waals surface area (Å²) >= 11 is 0. The summed E-state index contributed by atoms with van der Waals surface area (Å²) in [5.74, 6) is -0.765. The van der Waals surface area contributed by atoms with Gasteiger partial charge in [0.15, 0.2) is 0 Å². The fourth-order valence-electron chi connectivity index (χ4n) is 1.71. The van der Waals surface area contributed by atoms with Crippen LogP contribution in [0.4, 0.5) is 30.7 Å². The first-order valence-electron chi connectivity index (χ1n) is 5.49. The number of halogens is 7. The maximum absolute atomic E-state index is 12.9. The Labute approximate surface area is 114 Å². The molecular formula is C13H6F7N. The molecule has 8 heteroatoms. The van der Waals surface area contributed by atoms with Crippen molar-refractivity contribution >= 4 is 0 Å². The summed E-state index contributed by atoms with van der Waals surface area (Å²) in [6.45, 7) is 0. The van der Waals surface area contributed by atoms with Crippen molar-refractivity contribution in [2.45, 2.75) is 12.4 Å². The van der Waals surface area contributed by atoms with Crippen LogP contribution in [0.3, 0.4) is 0 Å². The van der Waals surface area contributed by atoms with Gasteiger partial charge < -0.3 is 0 Å². The molecule has 21 heavy (non-hydrogen) atoms. The van der Waals surface area contributed by atoms with Crippen LogP contribution in [0.5, 0.6) is 0 Å². The molecule has 0 aliphatic carbocycles. The lowest BCUT2D eigenvalue weighted by Crippen LogP contribution is -2.12. The molecule has 0 atom stereocenters. The zero-order valence-electron chi connectivity index (χ0n) is 10.1. The number of aromatic nitrogens is 1. The molecule has 1 aromatic heterocycles. The molecule has 0 unspecified atom stereocenters. The van der Waals surface area contributed by atoms with Gasteiger partial charge in [0.25, 0.3) is 0 Å². The largest absolute Gasteiger partial charge is 0.417 e. The molecule has 0 saturated heterocycles. The van der Waals surface area contributed by atoms with E-state index in [1.165, 1.54) is 0 Å². The van der Waals surface area contributed by atoms with Crippen molar-refractivity contribution in [3.05, 3.63) is 53.5 Å². The van der Waals surface area contributed by atoms with Crippen LogP contribution in [0.2, 0.25) is 0 Å². The van der Waals surface area contributed by atoms with Gasteiger partial charge in [-0.3, -0.25) is 4.98 Å². The van der Waals surface area contributed by atoms with E-state index in [1.807, 2.05) is 0 Å². The Morgan fingerprint density at radius 1 is 0.810 bits per heavy atom. The highest BCUT2D eigenvalue weighted by molar-refractivity contribution is 5.65. The van der Waals surface area contributed by atoms with Gasteiger partial charge in [0.2, 0.25) is 0 Å². The third kappa shape index (κ3) is 3.32. The minimum atomic E-state index is -4.99. The predicted molar refractivity (Wildman–Crippen MR) is 59.6 cm³/mol. The molecule has 0 radical (unpaired) electrons. The second-order valence-electron chi connectivity index (χ2n) is 4.12. The Hall–Kier alpha value is -2.12. The highest BCUT2D eigenvalue weighted by Crippen LogP contribution is 2.40. The molecule has 1 heterocycles. The van der Waals surface area contributed by atoms with E-state index in [2.05, 4.69) is 4.98 Å². The van der Waals surface area contributed by atoms with Crippen LogP contribution in [0.25, 0.3) is 11.3 Å². The highest BCUT2D eigenvalue weighted by atomic mass is 19.4. The number of hydrogen-bond donors (Lipinski definition) is 0. The number of pyridine rings is 1. The molecule has 2 rings (SSSR count). The molecule has 112 valence electrons. The molecular weight excluding hydrogens is 303 g/mol. The summed E-state index contributed by atoms with van der Waals surface area (Å²) in [6, 6.07) is 3.05. The second-order valence-corrected chi connectivity index (χ2v) is 4.12. The monoisotopic (exact) mass is 309 g/mol. The molecule has 0 aliphatic heterocycles. The van der Waals surface area contributed by atoms with Gasteiger partial charge in [-0.25, -0.2) is 4.39 Å². The van der Waals surface area contributed by atoms with E-state index in [1.54, 1.807) is 0 Å². The van der Waals surface area contributed by atoms with Gasteiger partial charge in [0.05, 0.1) is 23.0 Å². The van der Waals surface area contributed by atoms with Gasteiger partial charge in [-0.05, 0) is 24.3 Å². The zero-order valence-corrected chi connectivity index (χ0v) is 10.1. The van der Waals surface area contributed by atoms with Gasteiger partial charge >= 0.3 is 12.4 Å². The Morgan fingerprint density at radius 3 is 1.95 bits per heavy atom. The molecule has 0 fully saturated rings. The van der Waals surface area contributed by atoms with E-state index in [4.69, 9.17) is 0 Å². The molecule has 0 amide bonds. The molecule has 0 aliphatic rings. The van der Waals surface area contributed by atoms with Crippen molar-refractivity contribution < 1.29 is 30.7 Å². The van der Waals surface area contributed by atoms with E-state index >= 15 is 0 Å². The number of rotatable bonds is 1. The molecule has 0 saturated carbocycles. The van der Waals surface area contributed by atoms with Crippen LogP contribution in [0.15, 0.2) is 36.5 Å². The van der Waals surface area contributed by atoms with Crippen LogP contribution >= 0.6 is 0 Å². The zero-order chi connectivity index (χ0) is 15.8.